The number of para-hydroxylation sites is 1. The molecule has 4 nitrogen and oxygen atoms in total. The maximum Gasteiger partial charge on any atom is 0.214 e. The van der Waals surface area contributed by atoms with Gasteiger partial charge in [-0.3, -0.25) is 4.79 Å². The van der Waals surface area contributed by atoms with Crippen molar-refractivity contribution in [2.24, 2.45) is 0 Å². The second-order valence-corrected chi connectivity index (χ2v) is 5.43. The molecule has 0 fully saturated rings. The van der Waals surface area contributed by atoms with E-state index in [1.54, 1.807) is 10.7 Å². The fraction of sp³-hybridized carbons (Fsp3) is 0.0625. The van der Waals surface area contributed by atoms with Crippen LogP contribution < -0.4 is 0 Å². The number of aromatic nitrogens is 3. The summed E-state index contributed by atoms with van der Waals surface area (Å²) in [5.41, 5.74) is 2.86. The van der Waals surface area contributed by atoms with Crippen LogP contribution in [0.5, 0.6) is 0 Å². The van der Waals surface area contributed by atoms with E-state index >= 15 is 0 Å². The maximum absolute atomic E-state index is 12.7. The highest BCUT2D eigenvalue weighted by Crippen LogP contribution is 2.24. The van der Waals surface area contributed by atoms with Gasteiger partial charge in [0.2, 0.25) is 5.78 Å². The molecule has 5 heteroatoms. The van der Waals surface area contributed by atoms with Crippen molar-refractivity contribution in [1.29, 1.82) is 0 Å². The van der Waals surface area contributed by atoms with Gasteiger partial charge in [-0.25, -0.2) is 4.68 Å². The van der Waals surface area contributed by atoms with Gasteiger partial charge in [-0.05, 0) is 46.6 Å². The first-order chi connectivity index (χ1) is 10.2. The number of hydrogen-bond donors (Lipinski definition) is 0. The van der Waals surface area contributed by atoms with Crippen molar-refractivity contribution in [3.8, 4) is 5.69 Å². The summed E-state index contributed by atoms with van der Waals surface area (Å²) in [6.07, 6.45) is 1.49. The van der Waals surface area contributed by atoms with Crippen molar-refractivity contribution >= 4 is 21.7 Å². The Hall–Kier alpha value is -2.27. The van der Waals surface area contributed by atoms with Crippen LogP contribution in [0.3, 0.4) is 0 Å². The van der Waals surface area contributed by atoms with Gasteiger partial charge in [0.1, 0.15) is 5.69 Å². The van der Waals surface area contributed by atoms with E-state index in [0.717, 1.165) is 15.7 Å². The van der Waals surface area contributed by atoms with Gasteiger partial charge < -0.3 is 0 Å². The Morgan fingerprint density at radius 1 is 1.10 bits per heavy atom. The third-order valence-corrected chi connectivity index (χ3v) is 4.27. The number of benzene rings is 2. The van der Waals surface area contributed by atoms with Crippen molar-refractivity contribution in [3.05, 3.63) is 76.0 Å². The molecule has 0 N–H and O–H groups in total. The lowest BCUT2D eigenvalue weighted by Gasteiger charge is -2.08. The zero-order chi connectivity index (χ0) is 14.8. The van der Waals surface area contributed by atoms with E-state index in [0.29, 0.717) is 11.3 Å². The summed E-state index contributed by atoms with van der Waals surface area (Å²) >= 11 is 3.48. The van der Waals surface area contributed by atoms with Gasteiger partial charge in [-0.1, -0.05) is 35.5 Å². The second kappa shape index (κ2) is 5.61. The van der Waals surface area contributed by atoms with Crippen molar-refractivity contribution in [1.82, 2.24) is 15.0 Å². The second-order valence-electron chi connectivity index (χ2n) is 4.63. The van der Waals surface area contributed by atoms with E-state index in [4.69, 9.17) is 0 Å². The molecule has 0 aliphatic carbocycles. The van der Waals surface area contributed by atoms with Crippen LogP contribution in [0.25, 0.3) is 5.69 Å². The molecule has 0 atom stereocenters. The molecule has 0 aliphatic rings. The van der Waals surface area contributed by atoms with Crippen molar-refractivity contribution in [2.45, 2.75) is 6.92 Å². The number of nitrogens with zero attached hydrogens (tertiary/aromatic N) is 3. The van der Waals surface area contributed by atoms with Crippen LogP contribution in [0.15, 0.2) is 59.2 Å². The fourth-order valence-electron chi connectivity index (χ4n) is 2.11. The van der Waals surface area contributed by atoms with E-state index < -0.39 is 0 Å². The van der Waals surface area contributed by atoms with Gasteiger partial charge in [-0.2, -0.15) is 0 Å². The normalized spacial score (nSPS) is 10.6. The molecule has 1 heterocycles. The quantitative estimate of drug-likeness (QED) is 0.684. The van der Waals surface area contributed by atoms with Gasteiger partial charge in [0.25, 0.3) is 0 Å². The molecule has 2 aromatic carbocycles. The average molecular weight is 342 g/mol. The molecule has 0 spiro atoms. The maximum atomic E-state index is 12.7. The van der Waals surface area contributed by atoms with E-state index in [1.165, 1.54) is 6.20 Å². The number of carbonyl (C=O) groups is 1. The molecule has 0 amide bonds. The Labute approximate surface area is 130 Å². The lowest BCUT2D eigenvalue weighted by Crippen LogP contribution is -2.10. The molecule has 1 aromatic heterocycles. The summed E-state index contributed by atoms with van der Waals surface area (Å²) in [6.45, 7) is 1.95. The minimum absolute atomic E-state index is 0.112. The Kier molecular flexibility index (Phi) is 3.66. The zero-order valence-electron chi connectivity index (χ0n) is 11.3. The van der Waals surface area contributed by atoms with Gasteiger partial charge in [0, 0.05) is 10.0 Å². The van der Waals surface area contributed by atoms with Crippen molar-refractivity contribution in [2.75, 3.05) is 0 Å². The summed E-state index contributed by atoms with van der Waals surface area (Å²) in [5.74, 6) is -0.112. The summed E-state index contributed by atoms with van der Waals surface area (Å²) in [5, 5.41) is 7.89. The third-order valence-electron chi connectivity index (χ3n) is 3.22. The average Bonchev–Trinajstić information content (AvgIpc) is 3.00. The molecule has 0 saturated heterocycles. The molecular formula is C16H12BrN3O. The number of hydrogen-bond acceptors (Lipinski definition) is 3. The molecule has 0 bridgehead atoms. The SMILES string of the molecule is Cc1cccc(C(=O)c2cnnn2-c2ccccc2)c1Br. The number of halogens is 1. The van der Waals surface area contributed by atoms with Crippen LogP contribution in [0.4, 0.5) is 0 Å². The zero-order valence-corrected chi connectivity index (χ0v) is 12.9. The highest BCUT2D eigenvalue weighted by Gasteiger charge is 2.19. The largest absolute Gasteiger partial charge is 0.287 e. The number of carbonyl (C=O) groups excluding carboxylic acids is 1. The molecule has 3 aromatic rings. The summed E-state index contributed by atoms with van der Waals surface area (Å²) in [7, 11) is 0. The van der Waals surface area contributed by atoms with E-state index in [9.17, 15) is 4.79 Å². The van der Waals surface area contributed by atoms with Crippen LogP contribution in [0.2, 0.25) is 0 Å². The standard InChI is InChI=1S/C16H12BrN3O/c1-11-6-5-9-13(15(11)17)16(21)14-10-18-19-20(14)12-7-3-2-4-8-12/h2-10H,1H3. The highest BCUT2D eigenvalue weighted by molar-refractivity contribution is 9.10. The highest BCUT2D eigenvalue weighted by atomic mass is 79.9. The molecule has 104 valence electrons. The molecule has 0 unspecified atom stereocenters. The van der Waals surface area contributed by atoms with Crippen LogP contribution in [0, 0.1) is 6.92 Å². The Bertz CT molecular complexity index is 796. The molecule has 0 aliphatic heterocycles. The minimum atomic E-state index is -0.112. The van der Waals surface area contributed by atoms with Crippen molar-refractivity contribution < 1.29 is 4.79 Å². The topological polar surface area (TPSA) is 47.8 Å². The fourth-order valence-corrected chi connectivity index (χ4v) is 2.55. The lowest BCUT2D eigenvalue weighted by molar-refractivity contribution is 0.103. The van der Waals surface area contributed by atoms with Crippen LogP contribution in [-0.2, 0) is 0 Å². The van der Waals surface area contributed by atoms with E-state index in [1.807, 2.05) is 49.4 Å². The molecule has 0 saturated carbocycles. The number of aryl methyl sites for hydroxylation is 1. The van der Waals surface area contributed by atoms with Crippen molar-refractivity contribution in [3.63, 3.8) is 0 Å². The summed E-state index contributed by atoms with van der Waals surface area (Å²) in [4.78, 5) is 12.7. The smallest absolute Gasteiger partial charge is 0.214 e. The third kappa shape index (κ3) is 2.52. The van der Waals surface area contributed by atoms with Crippen LogP contribution in [0.1, 0.15) is 21.6 Å². The monoisotopic (exact) mass is 341 g/mol. The molecule has 3 rings (SSSR count). The predicted molar refractivity (Wildman–Crippen MR) is 83.7 cm³/mol. The summed E-state index contributed by atoms with van der Waals surface area (Å²) < 4.78 is 2.35. The van der Waals surface area contributed by atoms with Gasteiger partial charge >= 0.3 is 0 Å². The van der Waals surface area contributed by atoms with E-state index in [2.05, 4.69) is 26.2 Å². The Balaban J connectivity index is 2.08. The first kappa shape index (κ1) is 13.7. The van der Waals surface area contributed by atoms with Gasteiger partial charge in [-0.15, -0.1) is 5.10 Å². The van der Waals surface area contributed by atoms with Crippen LogP contribution >= 0.6 is 15.9 Å². The van der Waals surface area contributed by atoms with E-state index in [-0.39, 0.29) is 5.78 Å². The Morgan fingerprint density at radius 3 is 2.62 bits per heavy atom. The number of rotatable bonds is 3. The van der Waals surface area contributed by atoms with Gasteiger partial charge in [0.05, 0.1) is 11.9 Å². The number of ketones is 1. The Morgan fingerprint density at radius 2 is 1.86 bits per heavy atom. The first-order valence-corrected chi connectivity index (χ1v) is 7.23. The molecule has 21 heavy (non-hydrogen) atoms. The predicted octanol–water partition coefficient (Wildman–Crippen LogP) is 3.57. The lowest BCUT2D eigenvalue weighted by atomic mass is 10.1. The minimum Gasteiger partial charge on any atom is -0.287 e. The molecule has 0 radical (unpaired) electrons. The van der Waals surface area contributed by atoms with Crippen LogP contribution in [-0.4, -0.2) is 20.8 Å². The first-order valence-electron chi connectivity index (χ1n) is 6.44. The van der Waals surface area contributed by atoms with Gasteiger partial charge in [0.15, 0.2) is 0 Å². The molecular weight excluding hydrogens is 330 g/mol. The summed E-state index contributed by atoms with van der Waals surface area (Å²) in [6, 6.07) is 15.1.